The predicted octanol–water partition coefficient (Wildman–Crippen LogP) is 13.7. The zero-order valence-electron chi connectivity index (χ0n) is 42.9. The molecule has 2 N–H and O–H groups in total. The van der Waals surface area contributed by atoms with E-state index in [9.17, 15) is 50.9 Å². The van der Waals surface area contributed by atoms with E-state index in [2.05, 4.69) is 20.3 Å². The van der Waals surface area contributed by atoms with E-state index in [1.165, 1.54) is 41.7 Å². The molecule has 420 valence electrons. The summed E-state index contributed by atoms with van der Waals surface area (Å²) in [6, 6.07) is 35.3. The monoisotopic (exact) mass is 1140 g/mol. The van der Waals surface area contributed by atoms with Gasteiger partial charge in [0, 0.05) is 41.5 Å². The molecule has 16 nitrogen and oxygen atoms in total. The second-order valence-electron chi connectivity index (χ2n) is 18.2. The number of phenolic OH excluding ortho intramolecular Hbond substituents is 1. The predicted molar refractivity (Wildman–Crippen MR) is 277 cm³/mol. The molecule has 10 rings (SSSR count). The number of hydrogen-bond acceptors (Lipinski definition) is 14. The SMILES string of the molecule is Cc1oc(-c2ccc(C(F)(F)F)cc2)nc1CCl.Cc1oc(-c2ccc(C(F)(F)F)cc2)nc1COc1ccc([C@H](CC(=O)O)c2ccon2)cc1.O=C(C[C@@H](c1ccc(O)cc1)c1ccon1)N1C(=O)OC[C@@H]1Cc1ccccc1. The van der Waals surface area contributed by atoms with Gasteiger partial charge in [0.1, 0.15) is 54.5 Å². The highest BCUT2D eigenvalue weighted by molar-refractivity contribution is 6.17. The van der Waals surface area contributed by atoms with Gasteiger partial charge >= 0.3 is 24.4 Å². The van der Waals surface area contributed by atoms with E-state index in [1.807, 2.05) is 30.3 Å². The Morgan fingerprint density at radius 1 is 0.679 bits per heavy atom. The van der Waals surface area contributed by atoms with Gasteiger partial charge in [-0.05, 0) is 110 Å². The summed E-state index contributed by atoms with van der Waals surface area (Å²) in [5.74, 6) is 0.215. The van der Waals surface area contributed by atoms with E-state index in [-0.39, 0.29) is 61.4 Å². The number of carbonyl (C=O) groups is 3. The van der Waals surface area contributed by atoms with Crippen LogP contribution in [0.3, 0.4) is 0 Å². The summed E-state index contributed by atoms with van der Waals surface area (Å²) in [6.07, 6.45) is -6.13. The first-order valence-corrected chi connectivity index (χ1v) is 25.2. The van der Waals surface area contributed by atoms with Crippen molar-refractivity contribution < 1.29 is 78.3 Å². The molecule has 1 fully saturated rings. The Balaban J connectivity index is 0.000000167. The molecule has 2 amide bonds. The summed E-state index contributed by atoms with van der Waals surface area (Å²) in [5, 5.41) is 26.6. The number of aromatic nitrogens is 4. The highest BCUT2D eigenvalue weighted by Crippen LogP contribution is 2.35. The van der Waals surface area contributed by atoms with Gasteiger partial charge in [0.15, 0.2) is 0 Å². The standard InChI is InChI=1S/C24H19F3N2O5.C22H20N2O5.C12H9ClF3NO/c1-14-21(28-23(34-14)16-2-6-17(7-3-16)24(25,26)27)13-32-18-8-4-15(5-9-18)19(12-22(30)31)20-10-11-33-29-20;25-18-8-6-16(7-9-18)19(20-10-11-29-23-20)13-21(26)24-17(14-28-22(24)27)12-15-4-2-1-3-5-15;1-7-10(6-13)17-11(18-7)8-2-4-9(5-3-8)12(14,15)16/h2-11,19H,12-13H2,1H3,(H,30,31);1-11,17,19,25H,12-14H2;2-5H,6H2,1H3/t19-;17-,19-;/m00./s1. The molecule has 0 spiro atoms. The van der Waals surface area contributed by atoms with Gasteiger partial charge in [-0.1, -0.05) is 64.9 Å². The summed E-state index contributed by atoms with van der Waals surface area (Å²) in [6.45, 7) is 3.65. The first kappa shape index (κ1) is 58.0. The molecular formula is C58H48ClF6N5O11. The van der Waals surface area contributed by atoms with Crippen LogP contribution in [0.25, 0.3) is 22.9 Å². The molecule has 0 unspecified atom stereocenters. The third-order valence-electron chi connectivity index (χ3n) is 12.7. The number of imide groups is 1. The minimum absolute atomic E-state index is 0.0255. The van der Waals surface area contributed by atoms with E-state index < -0.39 is 47.4 Å². The first-order valence-electron chi connectivity index (χ1n) is 24.6. The highest BCUT2D eigenvalue weighted by Gasteiger charge is 2.39. The van der Waals surface area contributed by atoms with Crippen molar-refractivity contribution in [3.8, 4) is 34.4 Å². The Labute approximate surface area is 462 Å². The normalized spacial score (nSPS) is 14.0. The second kappa shape index (κ2) is 25.7. The van der Waals surface area contributed by atoms with E-state index in [4.69, 9.17) is 39.0 Å². The number of ether oxygens (including phenoxy) is 2. The van der Waals surface area contributed by atoms with E-state index in [0.717, 1.165) is 41.0 Å². The van der Waals surface area contributed by atoms with Crippen molar-refractivity contribution in [1.29, 1.82) is 0 Å². The number of alkyl halides is 7. The third-order valence-corrected chi connectivity index (χ3v) is 13.0. The lowest BCUT2D eigenvalue weighted by Crippen LogP contribution is -2.40. The first-order chi connectivity index (χ1) is 38.7. The molecule has 0 radical (unpaired) electrons. The molecule has 0 aliphatic carbocycles. The topological polar surface area (TPSA) is 217 Å². The van der Waals surface area contributed by atoms with Crippen molar-refractivity contribution in [2.24, 2.45) is 0 Å². The summed E-state index contributed by atoms with van der Waals surface area (Å²) in [5.41, 5.74) is 4.21. The van der Waals surface area contributed by atoms with Crippen molar-refractivity contribution in [2.75, 3.05) is 6.61 Å². The average Bonchev–Trinajstić information content (AvgIpc) is 4.34. The number of hydrogen-bond donors (Lipinski definition) is 2. The Morgan fingerprint density at radius 3 is 1.64 bits per heavy atom. The van der Waals surface area contributed by atoms with Crippen molar-refractivity contribution >= 4 is 29.6 Å². The Morgan fingerprint density at radius 2 is 1.17 bits per heavy atom. The van der Waals surface area contributed by atoms with Gasteiger partial charge in [-0.3, -0.25) is 9.59 Å². The molecule has 1 saturated heterocycles. The molecule has 9 aromatic rings. The molecule has 1 aliphatic heterocycles. The lowest BCUT2D eigenvalue weighted by molar-refractivity contribution is -0.138. The van der Waals surface area contributed by atoms with Gasteiger partial charge in [-0.15, -0.1) is 11.6 Å². The Kier molecular flexibility index (Phi) is 18.4. The molecule has 5 heterocycles. The van der Waals surface area contributed by atoms with Crippen LogP contribution in [0.1, 0.15) is 86.8 Å². The van der Waals surface area contributed by atoms with Gasteiger partial charge in [0.05, 0.1) is 46.6 Å². The van der Waals surface area contributed by atoms with Gasteiger partial charge < -0.3 is 37.6 Å². The number of rotatable bonds is 16. The maximum absolute atomic E-state index is 13.1. The summed E-state index contributed by atoms with van der Waals surface area (Å²) in [7, 11) is 0. The fraction of sp³-hybridized carbons (Fsp3) is 0.224. The number of oxazole rings is 2. The lowest BCUT2D eigenvalue weighted by Gasteiger charge is -2.22. The number of phenols is 1. The van der Waals surface area contributed by atoms with Crippen LogP contribution in [0.15, 0.2) is 170 Å². The van der Waals surface area contributed by atoms with E-state index >= 15 is 0 Å². The third kappa shape index (κ3) is 15.1. The highest BCUT2D eigenvalue weighted by atomic mass is 35.5. The lowest BCUT2D eigenvalue weighted by atomic mass is 9.91. The maximum Gasteiger partial charge on any atom is 0.416 e. The van der Waals surface area contributed by atoms with Crippen LogP contribution in [0.5, 0.6) is 11.5 Å². The maximum atomic E-state index is 13.1. The molecule has 23 heteroatoms. The molecule has 0 bridgehead atoms. The largest absolute Gasteiger partial charge is 0.508 e. The zero-order chi connectivity index (χ0) is 57.8. The molecule has 81 heavy (non-hydrogen) atoms. The van der Waals surface area contributed by atoms with E-state index in [1.54, 1.807) is 74.5 Å². The fourth-order valence-electron chi connectivity index (χ4n) is 8.46. The quantitative estimate of drug-likeness (QED) is 0.0679. The number of benzene rings is 5. The number of aryl methyl sites for hydroxylation is 2. The number of nitrogens with zero attached hydrogens (tertiary/aromatic N) is 5. The average molecular weight is 1140 g/mol. The number of carboxylic acid groups (broad SMARTS) is 1. The molecule has 3 atom stereocenters. The molecule has 1 aliphatic rings. The number of aromatic hydroxyl groups is 1. The van der Waals surface area contributed by atoms with Crippen LogP contribution < -0.4 is 4.74 Å². The number of cyclic esters (lactones) is 1. The van der Waals surface area contributed by atoms with Crippen LogP contribution in [0, 0.1) is 13.8 Å². The summed E-state index contributed by atoms with van der Waals surface area (Å²) < 4.78 is 107. The molecule has 4 aromatic heterocycles. The Hall–Kier alpha value is -9.18. The fourth-order valence-corrected chi connectivity index (χ4v) is 8.71. The van der Waals surface area contributed by atoms with Crippen molar-refractivity contribution in [1.82, 2.24) is 25.2 Å². The number of carbonyl (C=O) groups excluding carboxylic acids is 2. The van der Waals surface area contributed by atoms with Gasteiger partial charge in [0.2, 0.25) is 17.7 Å². The van der Waals surface area contributed by atoms with E-state index in [0.29, 0.717) is 57.6 Å². The number of amides is 2. The van der Waals surface area contributed by atoms with Gasteiger partial charge in [0.25, 0.3) is 0 Å². The van der Waals surface area contributed by atoms with Crippen molar-refractivity contribution in [3.63, 3.8) is 0 Å². The molecule has 0 saturated carbocycles. The molecular weight excluding hydrogens is 1090 g/mol. The Bertz CT molecular complexity index is 3480. The summed E-state index contributed by atoms with van der Waals surface area (Å²) >= 11 is 5.65. The van der Waals surface area contributed by atoms with Gasteiger partial charge in [-0.25, -0.2) is 19.7 Å². The van der Waals surface area contributed by atoms with Crippen LogP contribution in [-0.4, -0.2) is 66.0 Å². The van der Waals surface area contributed by atoms with Crippen LogP contribution in [0.2, 0.25) is 0 Å². The second-order valence-corrected chi connectivity index (χ2v) is 18.5. The summed E-state index contributed by atoms with van der Waals surface area (Å²) in [4.78, 5) is 46.3. The minimum atomic E-state index is -4.41. The number of halogens is 7. The van der Waals surface area contributed by atoms with Gasteiger partial charge in [-0.2, -0.15) is 26.3 Å². The van der Waals surface area contributed by atoms with Crippen LogP contribution >= 0.6 is 11.6 Å². The van der Waals surface area contributed by atoms with Crippen molar-refractivity contribution in [2.45, 2.75) is 75.8 Å². The van der Waals surface area contributed by atoms with Crippen LogP contribution in [0.4, 0.5) is 31.1 Å². The smallest absolute Gasteiger partial charge is 0.416 e. The number of aliphatic carboxylic acids is 1. The zero-order valence-corrected chi connectivity index (χ0v) is 43.6. The number of carboxylic acids is 1. The minimum Gasteiger partial charge on any atom is -0.508 e. The molecule has 5 aromatic carbocycles. The van der Waals surface area contributed by atoms with Crippen LogP contribution in [-0.2, 0) is 45.6 Å². The van der Waals surface area contributed by atoms with Crippen molar-refractivity contribution in [3.05, 3.63) is 214 Å².